The van der Waals surface area contributed by atoms with E-state index in [9.17, 15) is 0 Å². The fourth-order valence-corrected chi connectivity index (χ4v) is 6.14. The van der Waals surface area contributed by atoms with Gasteiger partial charge < -0.3 is 9.47 Å². The average molecular weight is 640 g/mol. The molecule has 4 aromatic heterocycles. The molecular weight excluding hydrogens is 606 g/mol. The summed E-state index contributed by atoms with van der Waals surface area (Å²) < 4.78 is 14.9. The number of benzene rings is 4. The van der Waals surface area contributed by atoms with Crippen LogP contribution in [0.15, 0.2) is 140 Å². The minimum Gasteiger partial charge on any atom is -0.457 e. The summed E-state index contributed by atoms with van der Waals surface area (Å²) >= 11 is 0. The highest BCUT2D eigenvalue weighted by molar-refractivity contribution is 6.09. The standard InChI is InChI=1S/C42H33N5O2/c1-3-28-16-20-43-38(22-28)30-8-5-10-32(24-30)48-34-12-14-36-37-15-13-35(27-41(37)47(40(36)26-34)42-45-18-7-19-46-42)49-33-11-6-9-31(25-33)39-23-29(4-2)17-21-44-39/h5-27H,3-4H2,1-2H3. The molecular formula is C42H33N5O2. The molecule has 8 rings (SSSR count). The van der Waals surface area contributed by atoms with Crippen LogP contribution in [0.3, 0.4) is 0 Å². The van der Waals surface area contributed by atoms with Crippen molar-refractivity contribution in [2.45, 2.75) is 26.7 Å². The summed E-state index contributed by atoms with van der Waals surface area (Å²) in [5.74, 6) is 3.43. The van der Waals surface area contributed by atoms with Gasteiger partial charge in [-0.2, -0.15) is 0 Å². The van der Waals surface area contributed by atoms with Crippen molar-refractivity contribution < 1.29 is 9.47 Å². The van der Waals surface area contributed by atoms with Crippen molar-refractivity contribution >= 4 is 21.8 Å². The van der Waals surface area contributed by atoms with Gasteiger partial charge in [-0.3, -0.25) is 14.5 Å². The molecule has 0 amide bonds. The van der Waals surface area contributed by atoms with E-state index in [0.717, 1.165) is 68.7 Å². The molecule has 0 spiro atoms. The fourth-order valence-electron chi connectivity index (χ4n) is 6.14. The molecule has 4 heterocycles. The molecule has 0 radical (unpaired) electrons. The highest BCUT2D eigenvalue weighted by Gasteiger charge is 2.17. The lowest BCUT2D eigenvalue weighted by molar-refractivity contribution is 0.483. The first-order chi connectivity index (χ1) is 24.1. The predicted octanol–water partition coefficient (Wildman–Crippen LogP) is 10.4. The van der Waals surface area contributed by atoms with Gasteiger partial charge in [-0.25, -0.2) is 9.97 Å². The summed E-state index contributed by atoms with van der Waals surface area (Å²) in [5.41, 5.74) is 8.20. The summed E-state index contributed by atoms with van der Waals surface area (Å²) in [6, 6.07) is 38.5. The Kier molecular flexibility index (Phi) is 7.99. The molecule has 7 nitrogen and oxygen atoms in total. The Balaban J connectivity index is 1.16. The number of hydrogen-bond donors (Lipinski definition) is 0. The molecule has 8 aromatic rings. The van der Waals surface area contributed by atoms with E-state index < -0.39 is 0 Å². The van der Waals surface area contributed by atoms with Crippen LogP contribution in [-0.2, 0) is 12.8 Å². The van der Waals surface area contributed by atoms with Crippen molar-refractivity contribution in [3.05, 3.63) is 151 Å². The Morgan fingerprint density at radius 1 is 0.469 bits per heavy atom. The second-order valence-electron chi connectivity index (χ2n) is 11.8. The van der Waals surface area contributed by atoms with Crippen LogP contribution >= 0.6 is 0 Å². The molecule has 0 fully saturated rings. The Morgan fingerprint density at radius 2 is 0.959 bits per heavy atom. The summed E-state index contributed by atoms with van der Waals surface area (Å²) in [4.78, 5) is 18.4. The zero-order valence-electron chi connectivity index (χ0n) is 27.2. The van der Waals surface area contributed by atoms with Gasteiger partial charge in [0.1, 0.15) is 23.0 Å². The van der Waals surface area contributed by atoms with Gasteiger partial charge in [-0.1, -0.05) is 38.1 Å². The summed E-state index contributed by atoms with van der Waals surface area (Å²) in [5, 5.41) is 2.11. The third-order valence-electron chi connectivity index (χ3n) is 8.66. The molecule has 0 atom stereocenters. The first-order valence-corrected chi connectivity index (χ1v) is 16.5. The van der Waals surface area contributed by atoms with Crippen molar-refractivity contribution in [2.75, 3.05) is 0 Å². The van der Waals surface area contributed by atoms with Gasteiger partial charge in [0.15, 0.2) is 0 Å². The van der Waals surface area contributed by atoms with Crippen LogP contribution in [0.5, 0.6) is 23.0 Å². The van der Waals surface area contributed by atoms with Gasteiger partial charge in [0.25, 0.3) is 0 Å². The number of ether oxygens (including phenoxy) is 2. The number of hydrogen-bond acceptors (Lipinski definition) is 6. The molecule has 0 bridgehead atoms. The lowest BCUT2D eigenvalue weighted by Crippen LogP contribution is -2.00. The van der Waals surface area contributed by atoms with Crippen molar-refractivity contribution in [3.63, 3.8) is 0 Å². The Labute approximate surface area is 284 Å². The second kappa shape index (κ2) is 13.0. The largest absolute Gasteiger partial charge is 0.457 e. The Hall–Kier alpha value is -6.34. The van der Waals surface area contributed by atoms with Crippen LogP contribution in [0.2, 0.25) is 0 Å². The molecule has 49 heavy (non-hydrogen) atoms. The SMILES string of the molecule is CCc1ccnc(-c2cccc(Oc3ccc4c5ccc(Oc6cccc(-c7cc(CC)ccn7)c6)cc5n(-c5ncccn5)c4c3)c2)c1. The molecule has 4 aromatic carbocycles. The van der Waals surface area contributed by atoms with E-state index in [2.05, 4.69) is 74.7 Å². The van der Waals surface area contributed by atoms with Gasteiger partial charge >= 0.3 is 0 Å². The Morgan fingerprint density at radius 3 is 1.45 bits per heavy atom. The zero-order valence-corrected chi connectivity index (χ0v) is 27.2. The number of pyridine rings is 2. The van der Waals surface area contributed by atoms with Crippen LogP contribution in [-0.4, -0.2) is 24.5 Å². The molecule has 0 unspecified atom stereocenters. The third-order valence-corrected chi connectivity index (χ3v) is 8.66. The minimum absolute atomic E-state index is 0.560. The van der Waals surface area contributed by atoms with Crippen LogP contribution in [0.4, 0.5) is 0 Å². The lowest BCUT2D eigenvalue weighted by atomic mass is 10.1. The van der Waals surface area contributed by atoms with Gasteiger partial charge in [-0.15, -0.1) is 0 Å². The highest BCUT2D eigenvalue weighted by Crippen LogP contribution is 2.38. The number of nitrogens with zero attached hydrogens (tertiary/aromatic N) is 5. The molecule has 0 saturated carbocycles. The molecule has 238 valence electrons. The Bertz CT molecular complexity index is 2290. The van der Waals surface area contributed by atoms with E-state index in [-0.39, 0.29) is 0 Å². The van der Waals surface area contributed by atoms with Gasteiger partial charge in [0.2, 0.25) is 5.95 Å². The monoisotopic (exact) mass is 639 g/mol. The van der Waals surface area contributed by atoms with Crippen LogP contribution < -0.4 is 9.47 Å². The third kappa shape index (κ3) is 6.10. The van der Waals surface area contributed by atoms with E-state index in [0.29, 0.717) is 17.4 Å². The fraction of sp³-hybridized carbons (Fsp3) is 0.0952. The zero-order chi connectivity index (χ0) is 33.2. The molecule has 0 aliphatic rings. The van der Waals surface area contributed by atoms with E-state index >= 15 is 0 Å². The molecule has 0 aliphatic carbocycles. The van der Waals surface area contributed by atoms with E-state index in [1.807, 2.05) is 91.3 Å². The first kappa shape index (κ1) is 30.0. The van der Waals surface area contributed by atoms with E-state index in [1.54, 1.807) is 12.4 Å². The number of fused-ring (bicyclic) bond motifs is 3. The topological polar surface area (TPSA) is 75.0 Å². The maximum Gasteiger partial charge on any atom is 0.234 e. The lowest BCUT2D eigenvalue weighted by Gasteiger charge is -2.10. The first-order valence-electron chi connectivity index (χ1n) is 16.5. The maximum absolute atomic E-state index is 6.45. The van der Waals surface area contributed by atoms with Crippen LogP contribution in [0.25, 0.3) is 50.3 Å². The van der Waals surface area contributed by atoms with Crippen molar-refractivity contribution in [1.29, 1.82) is 0 Å². The smallest absolute Gasteiger partial charge is 0.234 e. The number of aromatic nitrogens is 5. The normalized spacial score (nSPS) is 11.2. The number of aryl methyl sites for hydroxylation is 2. The van der Waals surface area contributed by atoms with Gasteiger partial charge in [-0.05, 0) is 103 Å². The van der Waals surface area contributed by atoms with Gasteiger partial charge in [0.05, 0.1) is 22.4 Å². The quantitative estimate of drug-likeness (QED) is 0.156. The molecule has 0 N–H and O–H groups in total. The summed E-state index contributed by atoms with van der Waals surface area (Å²) in [6.45, 7) is 4.29. The molecule has 7 heteroatoms. The van der Waals surface area contributed by atoms with Crippen molar-refractivity contribution in [3.8, 4) is 51.5 Å². The van der Waals surface area contributed by atoms with Crippen LogP contribution in [0.1, 0.15) is 25.0 Å². The highest BCUT2D eigenvalue weighted by atomic mass is 16.5. The average Bonchev–Trinajstić information content (AvgIpc) is 3.48. The number of rotatable bonds is 9. The maximum atomic E-state index is 6.45. The molecule has 0 saturated heterocycles. The minimum atomic E-state index is 0.560. The van der Waals surface area contributed by atoms with E-state index in [1.165, 1.54) is 11.1 Å². The van der Waals surface area contributed by atoms with Crippen molar-refractivity contribution in [1.82, 2.24) is 24.5 Å². The second-order valence-corrected chi connectivity index (χ2v) is 11.8. The summed E-state index contributed by atoms with van der Waals surface area (Å²) in [6.07, 6.45) is 9.13. The predicted molar refractivity (Wildman–Crippen MR) is 195 cm³/mol. The van der Waals surface area contributed by atoms with Crippen molar-refractivity contribution in [2.24, 2.45) is 0 Å². The van der Waals surface area contributed by atoms with Gasteiger partial charge in [0, 0.05) is 58.8 Å². The molecule has 0 aliphatic heterocycles. The summed E-state index contributed by atoms with van der Waals surface area (Å²) in [7, 11) is 0. The van der Waals surface area contributed by atoms with E-state index in [4.69, 9.17) is 9.47 Å². The van der Waals surface area contributed by atoms with Crippen LogP contribution in [0, 0.1) is 0 Å².